The van der Waals surface area contributed by atoms with E-state index in [1.54, 1.807) is 49.1 Å². The van der Waals surface area contributed by atoms with Crippen molar-refractivity contribution in [1.82, 2.24) is 14.7 Å². The van der Waals surface area contributed by atoms with Crippen molar-refractivity contribution < 1.29 is 19.0 Å². The highest BCUT2D eigenvalue weighted by Crippen LogP contribution is 2.29. The highest BCUT2D eigenvalue weighted by molar-refractivity contribution is 5.97. The largest absolute Gasteiger partial charge is 0.486 e. The van der Waals surface area contributed by atoms with Gasteiger partial charge in [-0.25, -0.2) is 4.39 Å². The predicted molar refractivity (Wildman–Crippen MR) is 104 cm³/mol. The molecule has 152 valence electrons. The monoisotopic (exact) mass is 390 g/mol. The van der Waals surface area contributed by atoms with Crippen LogP contribution in [-0.2, 0) is 6.54 Å². The van der Waals surface area contributed by atoms with Crippen molar-refractivity contribution in [3.8, 4) is 16.9 Å². The lowest BCUT2D eigenvalue weighted by Crippen LogP contribution is -2.45. The lowest BCUT2D eigenvalue weighted by Gasteiger charge is -2.32. The number of halogens is 1. The van der Waals surface area contributed by atoms with Crippen molar-refractivity contribution in [2.45, 2.75) is 44.7 Å². The van der Waals surface area contributed by atoms with Crippen molar-refractivity contribution in [3.05, 3.63) is 36.2 Å². The van der Waals surface area contributed by atoms with Gasteiger partial charge in [-0.05, 0) is 45.0 Å². The number of primary amides is 1. The number of hydrogen-bond acceptors (Lipinski definition) is 5. The minimum atomic E-state index is -1.13. The number of aromatic nitrogens is 2. The third kappa shape index (κ3) is 4.88. The van der Waals surface area contributed by atoms with Crippen LogP contribution >= 0.6 is 0 Å². The van der Waals surface area contributed by atoms with Gasteiger partial charge in [-0.2, -0.15) is 5.10 Å². The number of piperidine rings is 1. The molecule has 2 aromatic rings. The molecule has 0 spiro atoms. The Hall–Kier alpha value is -2.45. The molecule has 1 amide bonds. The quantitative estimate of drug-likeness (QED) is 0.785. The number of carbonyl (C=O) groups excluding carboxylic acids is 1. The summed E-state index contributed by atoms with van der Waals surface area (Å²) in [6, 6.07) is 5.06. The zero-order valence-electron chi connectivity index (χ0n) is 16.4. The summed E-state index contributed by atoms with van der Waals surface area (Å²) >= 11 is 0. The maximum Gasteiger partial charge on any atom is 0.252 e. The molecule has 1 aromatic carbocycles. The van der Waals surface area contributed by atoms with Crippen LogP contribution in [0.15, 0.2) is 30.6 Å². The molecule has 2 atom stereocenters. The van der Waals surface area contributed by atoms with E-state index < -0.39 is 23.8 Å². The Morgan fingerprint density at radius 2 is 2.18 bits per heavy atom. The maximum absolute atomic E-state index is 14.3. The number of amides is 1. The van der Waals surface area contributed by atoms with Gasteiger partial charge in [-0.1, -0.05) is 6.07 Å². The van der Waals surface area contributed by atoms with Crippen LogP contribution in [0.25, 0.3) is 11.1 Å². The van der Waals surface area contributed by atoms with Gasteiger partial charge in [0, 0.05) is 24.8 Å². The molecule has 7 nitrogen and oxygen atoms in total. The van der Waals surface area contributed by atoms with Gasteiger partial charge in [-0.3, -0.25) is 9.48 Å². The Kier molecular flexibility index (Phi) is 5.71. The second-order valence-electron chi connectivity index (χ2n) is 8.04. The van der Waals surface area contributed by atoms with Gasteiger partial charge in [0.15, 0.2) is 0 Å². The minimum absolute atomic E-state index is 0.207. The summed E-state index contributed by atoms with van der Waals surface area (Å²) in [6.45, 7) is 4.77. The second kappa shape index (κ2) is 7.89. The van der Waals surface area contributed by atoms with Gasteiger partial charge in [0.25, 0.3) is 5.91 Å². The van der Waals surface area contributed by atoms with Crippen LogP contribution in [0.3, 0.4) is 0 Å². The molecule has 3 N–H and O–H groups in total. The molecule has 0 aliphatic carbocycles. The zero-order valence-corrected chi connectivity index (χ0v) is 16.4. The number of carbonyl (C=O) groups is 1. The number of nitrogens with zero attached hydrogens (tertiary/aromatic N) is 3. The molecule has 28 heavy (non-hydrogen) atoms. The highest BCUT2D eigenvalue weighted by Gasteiger charge is 2.30. The van der Waals surface area contributed by atoms with Crippen molar-refractivity contribution >= 4 is 5.91 Å². The summed E-state index contributed by atoms with van der Waals surface area (Å²) in [6.07, 6.45) is 2.25. The Morgan fingerprint density at radius 3 is 2.82 bits per heavy atom. The van der Waals surface area contributed by atoms with Crippen molar-refractivity contribution in [1.29, 1.82) is 0 Å². The summed E-state index contributed by atoms with van der Waals surface area (Å²) in [5.41, 5.74) is 6.37. The van der Waals surface area contributed by atoms with Crippen LogP contribution in [0.5, 0.6) is 5.75 Å². The van der Waals surface area contributed by atoms with Crippen molar-refractivity contribution in [3.63, 3.8) is 0 Å². The number of alkyl halides is 1. The molecule has 1 fully saturated rings. The lowest BCUT2D eigenvalue weighted by molar-refractivity contribution is 0.0308. The van der Waals surface area contributed by atoms with E-state index in [9.17, 15) is 14.3 Å². The van der Waals surface area contributed by atoms with E-state index in [1.165, 1.54) is 0 Å². The Labute approximate surface area is 163 Å². The van der Waals surface area contributed by atoms with Crippen LogP contribution in [-0.4, -0.2) is 63.7 Å². The topological polar surface area (TPSA) is 93.6 Å². The first kappa shape index (κ1) is 20.3. The summed E-state index contributed by atoms with van der Waals surface area (Å²) in [5.74, 6) is -0.346. The summed E-state index contributed by atoms with van der Waals surface area (Å²) in [7, 11) is 1.87. The van der Waals surface area contributed by atoms with E-state index in [0.29, 0.717) is 19.5 Å². The van der Waals surface area contributed by atoms with Gasteiger partial charge in [0.2, 0.25) is 0 Å². The first-order chi connectivity index (χ1) is 13.1. The van der Waals surface area contributed by atoms with Gasteiger partial charge in [0.1, 0.15) is 18.0 Å². The van der Waals surface area contributed by atoms with Gasteiger partial charge in [0.05, 0.1) is 23.9 Å². The average molecular weight is 390 g/mol. The molecule has 2 heterocycles. The van der Waals surface area contributed by atoms with Gasteiger partial charge < -0.3 is 20.5 Å². The second-order valence-corrected chi connectivity index (χ2v) is 8.04. The molecular formula is C20H27FN4O3. The average Bonchev–Trinajstić information content (AvgIpc) is 3.04. The molecule has 1 aliphatic heterocycles. The molecule has 0 radical (unpaired) electrons. The summed E-state index contributed by atoms with van der Waals surface area (Å²) < 4.78 is 21.7. The molecule has 3 rings (SSSR count). The Bertz CT molecular complexity index is 846. The molecule has 8 heteroatoms. The first-order valence-electron chi connectivity index (χ1n) is 9.31. The number of ether oxygens (including phenoxy) is 1. The smallest absolute Gasteiger partial charge is 0.252 e. The zero-order chi connectivity index (χ0) is 20.5. The first-order valence-corrected chi connectivity index (χ1v) is 9.31. The van der Waals surface area contributed by atoms with Crippen LogP contribution in [0, 0.1) is 0 Å². The van der Waals surface area contributed by atoms with E-state index >= 15 is 0 Å². The molecule has 0 saturated carbocycles. The summed E-state index contributed by atoms with van der Waals surface area (Å²) in [4.78, 5) is 13.9. The standard InChI is InChI=1S/C20H27FN4O3/c1-20(2,27)12-25-10-14(9-23-25)13-4-5-17(15(8-13)19(22)26)28-18-6-7-24(3)11-16(18)21/h4-5,8-10,16,18,27H,6-7,11-12H2,1-3H3,(H2,22,26)/t16-,18+/m1/s1. The minimum Gasteiger partial charge on any atom is -0.486 e. The Balaban J connectivity index is 1.82. The number of aliphatic hydroxyl groups is 1. The van der Waals surface area contributed by atoms with Crippen LogP contribution < -0.4 is 10.5 Å². The fraction of sp³-hybridized carbons (Fsp3) is 0.500. The molecule has 1 aliphatic rings. The lowest BCUT2D eigenvalue weighted by atomic mass is 10.0. The fourth-order valence-electron chi connectivity index (χ4n) is 3.33. The SMILES string of the molecule is CN1CC[C@H](Oc2ccc(-c3cnn(CC(C)(C)O)c3)cc2C(N)=O)[C@H](F)C1. The third-order valence-corrected chi connectivity index (χ3v) is 4.72. The number of hydrogen-bond donors (Lipinski definition) is 2. The third-order valence-electron chi connectivity index (χ3n) is 4.72. The Morgan fingerprint density at radius 1 is 1.43 bits per heavy atom. The van der Waals surface area contributed by atoms with Gasteiger partial charge >= 0.3 is 0 Å². The number of nitrogens with two attached hydrogens (primary N) is 1. The van der Waals surface area contributed by atoms with E-state index in [2.05, 4.69) is 5.10 Å². The van der Waals surface area contributed by atoms with E-state index in [1.807, 2.05) is 11.9 Å². The van der Waals surface area contributed by atoms with Crippen molar-refractivity contribution in [2.24, 2.45) is 5.73 Å². The van der Waals surface area contributed by atoms with E-state index in [0.717, 1.165) is 17.7 Å². The van der Waals surface area contributed by atoms with E-state index in [-0.39, 0.29) is 11.3 Å². The van der Waals surface area contributed by atoms with E-state index in [4.69, 9.17) is 10.5 Å². The summed E-state index contributed by atoms with van der Waals surface area (Å²) in [5, 5.41) is 14.2. The molecule has 0 bridgehead atoms. The normalized spacial score (nSPS) is 20.9. The maximum atomic E-state index is 14.3. The number of benzene rings is 1. The fourth-order valence-corrected chi connectivity index (χ4v) is 3.33. The van der Waals surface area contributed by atoms with Crippen molar-refractivity contribution in [2.75, 3.05) is 20.1 Å². The molecule has 1 aromatic heterocycles. The highest BCUT2D eigenvalue weighted by atomic mass is 19.1. The molecule has 1 saturated heterocycles. The molecular weight excluding hydrogens is 363 g/mol. The predicted octanol–water partition coefficient (Wildman–Crippen LogP) is 1.84. The van der Waals surface area contributed by atoms with Gasteiger partial charge in [-0.15, -0.1) is 0 Å². The van der Waals surface area contributed by atoms with Crippen LogP contribution in [0.2, 0.25) is 0 Å². The van der Waals surface area contributed by atoms with Crippen LogP contribution in [0.1, 0.15) is 30.6 Å². The number of rotatable bonds is 6. The molecule has 0 unspecified atom stereocenters. The van der Waals surface area contributed by atoms with Crippen LogP contribution in [0.4, 0.5) is 4.39 Å². The number of likely N-dealkylation sites (tertiary alicyclic amines) is 1.